The van der Waals surface area contributed by atoms with Crippen LogP contribution in [0.15, 0.2) is 29.3 Å². The van der Waals surface area contributed by atoms with E-state index in [2.05, 4.69) is 10.3 Å². The Labute approximate surface area is 87.2 Å². The highest BCUT2D eigenvalue weighted by Gasteiger charge is 2.26. The van der Waals surface area contributed by atoms with Crippen LogP contribution >= 0.6 is 0 Å². The summed E-state index contributed by atoms with van der Waals surface area (Å²) in [6.07, 6.45) is 0. The summed E-state index contributed by atoms with van der Waals surface area (Å²) in [4.78, 5) is 15.4. The predicted molar refractivity (Wildman–Crippen MR) is 56.8 cm³/mol. The lowest BCUT2D eigenvalue weighted by Crippen LogP contribution is -2.31. The molecule has 1 aromatic carbocycles. The van der Waals surface area contributed by atoms with E-state index in [1.165, 1.54) is 0 Å². The van der Waals surface area contributed by atoms with Crippen LogP contribution in [0.3, 0.4) is 0 Å². The molecule has 78 valence electrons. The highest BCUT2D eigenvalue weighted by atomic mass is 16.2. The van der Waals surface area contributed by atoms with Gasteiger partial charge in [-0.05, 0) is 11.1 Å². The van der Waals surface area contributed by atoms with Crippen LogP contribution in [-0.2, 0) is 11.3 Å². The molecule has 1 aliphatic rings. The molecular weight excluding hydrogens is 192 g/mol. The van der Waals surface area contributed by atoms with Crippen molar-refractivity contribution < 1.29 is 4.79 Å². The molecule has 1 aliphatic heterocycles. The molecule has 15 heavy (non-hydrogen) atoms. The zero-order chi connectivity index (χ0) is 10.8. The van der Waals surface area contributed by atoms with Crippen molar-refractivity contribution in [3.05, 3.63) is 35.4 Å². The molecule has 1 aromatic rings. The fourth-order valence-corrected chi connectivity index (χ4v) is 1.49. The van der Waals surface area contributed by atoms with Crippen LogP contribution in [0.5, 0.6) is 0 Å². The molecule has 0 spiro atoms. The Bertz CT molecular complexity index is 410. The lowest BCUT2D eigenvalue weighted by molar-refractivity contribution is -0.120. The average molecular weight is 204 g/mol. The first-order valence-electron chi connectivity index (χ1n) is 4.64. The smallest absolute Gasteiger partial charge is 0.256 e. The number of hydrogen-bond donors (Lipinski definition) is 3. The molecule has 5 nitrogen and oxygen atoms in total. The summed E-state index contributed by atoms with van der Waals surface area (Å²) >= 11 is 0. The molecule has 5 N–H and O–H groups in total. The summed E-state index contributed by atoms with van der Waals surface area (Å²) in [5.74, 6) is -0.0131. The van der Waals surface area contributed by atoms with Crippen molar-refractivity contribution in [2.45, 2.75) is 12.6 Å². The monoisotopic (exact) mass is 204 g/mol. The van der Waals surface area contributed by atoms with Crippen molar-refractivity contribution in [2.75, 3.05) is 0 Å². The van der Waals surface area contributed by atoms with E-state index >= 15 is 0 Å². The number of aliphatic imine (C=N–C) groups is 1. The Morgan fingerprint density at radius 3 is 2.47 bits per heavy atom. The molecule has 0 radical (unpaired) electrons. The number of nitrogens with zero attached hydrogens (tertiary/aromatic N) is 1. The van der Waals surface area contributed by atoms with Crippen LogP contribution in [0.1, 0.15) is 17.2 Å². The van der Waals surface area contributed by atoms with Crippen molar-refractivity contribution >= 4 is 11.9 Å². The molecule has 2 rings (SSSR count). The van der Waals surface area contributed by atoms with Gasteiger partial charge in [0.15, 0.2) is 12.0 Å². The van der Waals surface area contributed by atoms with E-state index < -0.39 is 6.04 Å². The number of rotatable bonds is 2. The molecule has 1 atom stereocenters. The first-order chi connectivity index (χ1) is 7.20. The van der Waals surface area contributed by atoms with Gasteiger partial charge in [-0.15, -0.1) is 0 Å². The standard InChI is InChI=1S/C10H12N4O/c11-5-6-1-3-7(4-2-6)8-9(15)14-10(12)13-8/h1-4,8H,5,11H2,(H3,12,13,14,15). The third-order valence-corrected chi connectivity index (χ3v) is 2.30. The molecule has 0 fully saturated rings. The number of amides is 1. The molecule has 5 heteroatoms. The van der Waals surface area contributed by atoms with E-state index in [1.807, 2.05) is 24.3 Å². The zero-order valence-corrected chi connectivity index (χ0v) is 8.10. The van der Waals surface area contributed by atoms with Crippen LogP contribution in [0.2, 0.25) is 0 Å². The minimum atomic E-state index is -0.517. The molecule has 0 saturated carbocycles. The number of hydrogen-bond acceptors (Lipinski definition) is 4. The minimum Gasteiger partial charge on any atom is -0.370 e. The van der Waals surface area contributed by atoms with E-state index in [1.54, 1.807) is 0 Å². The number of carbonyl (C=O) groups excluding carboxylic acids is 1. The lowest BCUT2D eigenvalue weighted by atomic mass is 10.1. The summed E-state index contributed by atoms with van der Waals surface area (Å²) in [6.45, 7) is 0.489. The maximum absolute atomic E-state index is 11.4. The van der Waals surface area contributed by atoms with Crippen molar-refractivity contribution in [3.63, 3.8) is 0 Å². The fourth-order valence-electron chi connectivity index (χ4n) is 1.49. The van der Waals surface area contributed by atoms with E-state index in [4.69, 9.17) is 11.5 Å². The fraction of sp³-hybridized carbons (Fsp3) is 0.200. The van der Waals surface area contributed by atoms with Gasteiger partial charge < -0.3 is 11.5 Å². The molecule has 0 aliphatic carbocycles. The van der Waals surface area contributed by atoms with Gasteiger partial charge in [0.1, 0.15) is 0 Å². The number of nitrogens with two attached hydrogens (primary N) is 2. The summed E-state index contributed by atoms with van der Waals surface area (Å²) in [5, 5.41) is 2.46. The summed E-state index contributed by atoms with van der Waals surface area (Å²) in [5.41, 5.74) is 12.7. The molecular formula is C10H12N4O. The second-order valence-electron chi connectivity index (χ2n) is 3.35. The Hall–Kier alpha value is -1.88. The second-order valence-corrected chi connectivity index (χ2v) is 3.35. The number of benzene rings is 1. The first-order valence-corrected chi connectivity index (χ1v) is 4.64. The summed E-state index contributed by atoms with van der Waals surface area (Å²) in [6, 6.07) is 6.93. The largest absolute Gasteiger partial charge is 0.370 e. The predicted octanol–water partition coefficient (Wildman–Crippen LogP) is -0.369. The van der Waals surface area contributed by atoms with Crippen LogP contribution in [0.4, 0.5) is 0 Å². The summed E-state index contributed by atoms with van der Waals surface area (Å²) < 4.78 is 0. The highest BCUT2D eigenvalue weighted by molar-refractivity contribution is 6.04. The van der Waals surface area contributed by atoms with Gasteiger partial charge in [0.05, 0.1) is 0 Å². The minimum absolute atomic E-state index is 0.174. The van der Waals surface area contributed by atoms with Gasteiger partial charge >= 0.3 is 0 Å². The first kappa shape index (κ1) is 9.67. The third-order valence-electron chi connectivity index (χ3n) is 2.30. The number of guanidine groups is 1. The third kappa shape index (κ3) is 1.82. The van der Waals surface area contributed by atoms with E-state index in [0.29, 0.717) is 6.54 Å². The van der Waals surface area contributed by atoms with Gasteiger partial charge in [0.2, 0.25) is 0 Å². The average Bonchev–Trinajstić information content (AvgIpc) is 2.58. The van der Waals surface area contributed by atoms with Gasteiger partial charge in [0, 0.05) is 6.54 Å². The highest BCUT2D eigenvalue weighted by Crippen LogP contribution is 2.20. The van der Waals surface area contributed by atoms with E-state index in [-0.39, 0.29) is 11.9 Å². The Kier molecular flexibility index (Phi) is 2.39. The summed E-state index contributed by atoms with van der Waals surface area (Å²) in [7, 11) is 0. The van der Waals surface area contributed by atoms with Crippen LogP contribution in [-0.4, -0.2) is 11.9 Å². The molecule has 1 amide bonds. The van der Waals surface area contributed by atoms with Crippen LogP contribution in [0, 0.1) is 0 Å². The van der Waals surface area contributed by atoms with Crippen molar-refractivity contribution in [1.82, 2.24) is 5.32 Å². The zero-order valence-electron chi connectivity index (χ0n) is 8.10. The van der Waals surface area contributed by atoms with E-state index in [0.717, 1.165) is 11.1 Å². The van der Waals surface area contributed by atoms with Gasteiger partial charge in [-0.1, -0.05) is 24.3 Å². The molecule has 0 saturated heterocycles. The SMILES string of the molecule is NCc1ccc(C2N=C(N)NC2=O)cc1. The van der Waals surface area contributed by atoms with Gasteiger partial charge in [-0.3, -0.25) is 10.1 Å². The maximum Gasteiger partial charge on any atom is 0.256 e. The quantitative estimate of drug-likeness (QED) is 0.613. The second kappa shape index (κ2) is 3.70. The van der Waals surface area contributed by atoms with Crippen LogP contribution in [0.25, 0.3) is 0 Å². The molecule has 0 bridgehead atoms. The van der Waals surface area contributed by atoms with Crippen molar-refractivity contribution in [2.24, 2.45) is 16.5 Å². The Morgan fingerprint density at radius 2 is 2.00 bits per heavy atom. The van der Waals surface area contributed by atoms with Crippen molar-refractivity contribution in [3.8, 4) is 0 Å². The van der Waals surface area contributed by atoms with Gasteiger partial charge in [-0.2, -0.15) is 0 Å². The van der Waals surface area contributed by atoms with Crippen molar-refractivity contribution in [1.29, 1.82) is 0 Å². The van der Waals surface area contributed by atoms with E-state index in [9.17, 15) is 4.79 Å². The molecule has 0 aromatic heterocycles. The van der Waals surface area contributed by atoms with Gasteiger partial charge in [0.25, 0.3) is 5.91 Å². The lowest BCUT2D eigenvalue weighted by Gasteiger charge is -2.05. The topological polar surface area (TPSA) is 93.5 Å². The van der Waals surface area contributed by atoms with Gasteiger partial charge in [-0.25, -0.2) is 4.99 Å². The Balaban J connectivity index is 2.26. The maximum atomic E-state index is 11.4. The Morgan fingerprint density at radius 1 is 1.33 bits per heavy atom. The van der Waals surface area contributed by atoms with Crippen LogP contribution < -0.4 is 16.8 Å². The molecule has 1 unspecified atom stereocenters. The molecule has 1 heterocycles. The normalized spacial score (nSPS) is 19.9. The number of carbonyl (C=O) groups is 1. The number of nitrogens with one attached hydrogen (secondary N) is 1.